The van der Waals surface area contributed by atoms with Crippen LogP contribution in [0.4, 0.5) is 0 Å². The molecule has 1 saturated heterocycles. The van der Waals surface area contributed by atoms with Crippen LogP contribution >= 0.6 is 0 Å². The van der Waals surface area contributed by atoms with Crippen LogP contribution in [0.3, 0.4) is 0 Å². The molecule has 122 valence electrons. The van der Waals surface area contributed by atoms with Crippen LogP contribution in [0.5, 0.6) is 0 Å². The quantitative estimate of drug-likeness (QED) is 0.811. The third kappa shape index (κ3) is 4.31. The molecule has 0 saturated carbocycles. The van der Waals surface area contributed by atoms with Gasteiger partial charge in [0.15, 0.2) is 0 Å². The zero-order valence-corrected chi connectivity index (χ0v) is 13.9. The highest BCUT2D eigenvalue weighted by atomic mass is 16.5. The Balaban J connectivity index is 1.92. The number of likely N-dealkylation sites (tertiary alicyclic amines) is 1. The van der Waals surface area contributed by atoms with Crippen LogP contribution in [-0.2, 0) is 19.9 Å². The summed E-state index contributed by atoms with van der Waals surface area (Å²) >= 11 is 0. The molecule has 22 heavy (non-hydrogen) atoms. The molecule has 0 aromatic heterocycles. The van der Waals surface area contributed by atoms with Crippen LogP contribution < -0.4 is 0 Å². The molecule has 1 unspecified atom stereocenters. The number of nitrogens with zero attached hydrogens (tertiary/aromatic N) is 1. The smallest absolute Gasteiger partial charge is 0.219 e. The van der Waals surface area contributed by atoms with E-state index < -0.39 is 5.60 Å². The number of ether oxygens (including phenoxy) is 2. The SMILES string of the molecule is CCOC(C)(COC1CCN(C(C)=O)CC1)c1ccccc1. The normalized spacial score (nSPS) is 19.0. The lowest BCUT2D eigenvalue weighted by Gasteiger charge is -2.35. The summed E-state index contributed by atoms with van der Waals surface area (Å²) in [7, 11) is 0. The second kappa shape index (κ2) is 7.75. The molecule has 1 atom stereocenters. The van der Waals surface area contributed by atoms with E-state index in [1.54, 1.807) is 6.92 Å². The fourth-order valence-electron chi connectivity index (χ4n) is 2.93. The van der Waals surface area contributed by atoms with Gasteiger partial charge < -0.3 is 14.4 Å². The number of hydrogen-bond acceptors (Lipinski definition) is 3. The van der Waals surface area contributed by atoms with Gasteiger partial charge in [-0.05, 0) is 32.3 Å². The summed E-state index contributed by atoms with van der Waals surface area (Å²) < 4.78 is 12.1. The fraction of sp³-hybridized carbons (Fsp3) is 0.611. The molecule has 1 aliphatic rings. The van der Waals surface area contributed by atoms with Gasteiger partial charge in [0.05, 0.1) is 12.7 Å². The Morgan fingerprint density at radius 2 is 1.91 bits per heavy atom. The van der Waals surface area contributed by atoms with E-state index in [9.17, 15) is 4.79 Å². The van der Waals surface area contributed by atoms with E-state index in [1.165, 1.54) is 0 Å². The van der Waals surface area contributed by atoms with E-state index in [0.717, 1.165) is 31.5 Å². The molecule has 4 nitrogen and oxygen atoms in total. The first-order chi connectivity index (χ1) is 10.5. The maximum Gasteiger partial charge on any atom is 0.219 e. The lowest BCUT2D eigenvalue weighted by atomic mass is 9.96. The van der Waals surface area contributed by atoms with Gasteiger partial charge in [0.25, 0.3) is 0 Å². The molecule has 0 bridgehead atoms. The average molecular weight is 305 g/mol. The molecule has 0 N–H and O–H groups in total. The van der Waals surface area contributed by atoms with Crippen LogP contribution in [0.1, 0.15) is 39.2 Å². The largest absolute Gasteiger partial charge is 0.375 e. The first kappa shape index (κ1) is 17.0. The van der Waals surface area contributed by atoms with Gasteiger partial charge >= 0.3 is 0 Å². The number of carbonyl (C=O) groups excluding carboxylic acids is 1. The second-order valence-electron chi connectivity index (χ2n) is 6.05. The van der Waals surface area contributed by atoms with Crippen molar-refractivity contribution in [2.45, 2.75) is 45.3 Å². The number of hydrogen-bond donors (Lipinski definition) is 0. The molecule has 0 radical (unpaired) electrons. The summed E-state index contributed by atoms with van der Waals surface area (Å²) in [5.41, 5.74) is 0.714. The van der Waals surface area contributed by atoms with E-state index in [2.05, 4.69) is 19.1 Å². The van der Waals surface area contributed by atoms with Crippen molar-refractivity contribution >= 4 is 5.91 Å². The molecule has 0 spiro atoms. The molecule has 1 heterocycles. The monoisotopic (exact) mass is 305 g/mol. The van der Waals surface area contributed by atoms with Crippen molar-refractivity contribution in [2.24, 2.45) is 0 Å². The highest BCUT2D eigenvalue weighted by Gasteiger charge is 2.30. The Labute approximate surface area is 133 Å². The third-order valence-corrected chi connectivity index (χ3v) is 4.33. The summed E-state index contributed by atoms with van der Waals surface area (Å²) in [6, 6.07) is 10.2. The molecular formula is C18H27NO3. The molecule has 4 heteroatoms. The number of piperidine rings is 1. The van der Waals surface area contributed by atoms with Gasteiger partial charge in [-0.15, -0.1) is 0 Å². The van der Waals surface area contributed by atoms with Gasteiger partial charge in [-0.25, -0.2) is 0 Å². The Morgan fingerprint density at radius 1 is 1.27 bits per heavy atom. The van der Waals surface area contributed by atoms with Crippen LogP contribution in [0, 0.1) is 0 Å². The Hall–Kier alpha value is -1.39. The Morgan fingerprint density at radius 3 is 2.45 bits per heavy atom. The number of benzene rings is 1. The third-order valence-electron chi connectivity index (χ3n) is 4.33. The summed E-state index contributed by atoms with van der Waals surface area (Å²) in [5, 5.41) is 0. The van der Waals surface area contributed by atoms with Gasteiger partial charge in [-0.2, -0.15) is 0 Å². The predicted octanol–water partition coefficient (Wildman–Crippen LogP) is 2.97. The molecule has 0 aliphatic carbocycles. The lowest BCUT2D eigenvalue weighted by Crippen LogP contribution is -2.41. The van der Waals surface area contributed by atoms with Crippen molar-refractivity contribution in [1.29, 1.82) is 0 Å². The zero-order valence-electron chi connectivity index (χ0n) is 13.9. The second-order valence-corrected chi connectivity index (χ2v) is 6.05. The maximum absolute atomic E-state index is 11.4. The zero-order chi connectivity index (χ0) is 16.0. The molecule has 1 fully saturated rings. The van der Waals surface area contributed by atoms with Crippen molar-refractivity contribution in [3.63, 3.8) is 0 Å². The van der Waals surface area contributed by atoms with Crippen LogP contribution in [0.15, 0.2) is 30.3 Å². The first-order valence-corrected chi connectivity index (χ1v) is 8.12. The van der Waals surface area contributed by atoms with Crippen LogP contribution in [-0.4, -0.2) is 43.2 Å². The van der Waals surface area contributed by atoms with E-state index >= 15 is 0 Å². The highest BCUT2D eigenvalue weighted by molar-refractivity contribution is 5.73. The average Bonchev–Trinajstić information content (AvgIpc) is 2.54. The topological polar surface area (TPSA) is 38.8 Å². The van der Waals surface area contributed by atoms with Gasteiger partial charge in [0.2, 0.25) is 5.91 Å². The highest BCUT2D eigenvalue weighted by Crippen LogP contribution is 2.27. The standard InChI is InChI=1S/C18H27NO3/c1-4-22-18(3,16-8-6-5-7-9-16)14-21-17-10-12-19(13-11-17)15(2)20/h5-9,17H,4,10-14H2,1-3H3. The molecule has 1 aliphatic heterocycles. The molecule has 2 rings (SSSR count). The fourth-order valence-corrected chi connectivity index (χ4v) is 2.93. The van der Waals surface area contributed by atoms with Crippen molar-refractivity contribution in [3.8, 4) is 0 Å². The Kier molecular flexibility index (Phi) is 5.98. The number of carbonyl (C=O) groups is 1. The first-order valence-electron chi connectivity index (χ1n) is 8.12. The number of amides is 1. The van der Waals surface area contributed by atoms with Crippen molar-refractivity contribution in [1.82, 2.24) is 4.90 Å². The molecule has 1 aromatic carbocycles. The van der Waals surface area contributed by atoms with Crippen LogP contribution in [0.25, 0.3) is 0 Å². The summed E-state index contributed by atoms with van der Waals surface area (Å²) in [4.78, 5) is 13.2. The minimum atomic E-state index is -0.423. The van der Waals surface area contributed by atoms with Gasteiger partial charge in [-0.1, -0.05) is 30.3 Å². The summed E-state index contributed by atoms with van der Waals surface area (Å²) in [6.45, 7) is 8.48. The van der Waals surface area contributed by atoms with Crippen LogP contribution in [0.2, 0.25) is 0 Å². The minimum Gasteiger partial charge on any atom is -0.375 e. The molecular weight excluding hydrogens is 278 g/mol. The van der Waals surface area contributed by atoms with E-state index in [0.29, 0.717) is 13.2 Å². The van der Waals surface area contributed by atoms with E-state index in [-0.39, 0.29) is 12.0 Å². The van der Waals surface area contributed by atoms with Crippen molar-refractivity contribution in [3.05, 3.63) is 35.9 Å². The Bertz CT molecular complexity index is 468. The van der Waals surface area contributed by atoms with E-state index in [4.69, 9.17) is 9.47 Å². The summed E-state index contributed by atoms with van der Waals surface area (Å²) in [5.74, 6) is 0.155. The van der Waals surface area contributed by atoms with Gasteiger partial charge in [-0.3, -0.25) is 4.79 Å². The summed E-state index contributed by atoms with van der Waals surface area (Å²) in [6.07, 6.45) is 2.01. The van der Waals surface area contributed by atoms with Gasteiger partial charge in [0.1, 0.15) is 5.60 Å². The van der Waals surface area contributed by atoms with Gasteiger partial charge in [0, 0.05) is 26.6 Å². The molecule has 1 amide bonds. The molecule has 1 aromatic rings. The van der Waals surface area contributed by atoms with Crippen molar-refractivity contribution in [2.75, 3.05) is 26.3 Å². The lowest BCUT2D eigenvalue weighted by molar-refractivity contribution is -0.135. The minimum absolute atomic E-state index is 0.155. The predicted molar refractivity (Wildman–Crippen MR) is 86.6 cm³/mol. The number of rotatable bonds is 6. The van der Waals surface area contributed by atoms with E-state index in [1.807, 2.05) is 30.0 Å². The maximum atomic E-state index is 11.4. The van der Waals surface area contributed by atoms with Crippen molar-refractivity contribution < 1.29 is 14.3 Å².